The third kappa shape index (κ3) is 3.04. The number of rotatable bonds is 5. The predicted molar refractivity (Wildman–Crippen MR) is 99.8 cm³/mol. The van der Waals surface area contributed by atoms with Gasteiger partial charge >= 0.3 is 11.9 Å². The summed E-state index contributed by atoms with van der Waals surface area (Å²) in [6.45, 7) is 7.74. The quantitative estimate of drug-likeness (QED) is 0.544. The number of carbonyl (C=O) groups excluding carboxylic acids is 2. The van der Waals surface area contributed by atoms with Crippen LogP contribution in [0.25, 0.3) is 0 Å². The van der Waals surface area contributed by atoms with E-state index < -0.39 is 0 Å². The zero-order chi connectivity index (χ0) is 19.2. The van der Waals surface area contributed by atoms with Gasteiger partial charge in [0.05, 0.1) is 12.7 Å². The normalized spacial score (nSPS) is 40.1. The molecule has 2 fully saturated rings. The van der Waals surface area contributed by atoms with Crippen molar-refractivity contribution in [1.29, 1.82) is 0 Å². The second-order valence-electron chi connectivity index (χ2n) is 9.04. The minimum atomic E-state index is -0.232. The first-order valence-corrected chi connectivity index (χ1v) is 10.2. The zero-order valence-electron chi connectivity index (χ0n) is 16.6. The van der Waals surface area contributed by atoms with Crippen molar-refractivity contribution in [3.8, 4) is 0 Å². The van der Waals surface area contributed by atoms with Gasteiger partial charge in [-0.15, -0.1) is 0 Å². The molecule has 0 aromatic rings. The van der Waals surface area contributed by atoms with Gasteiger partial charge in [-0.25, -0.2) is 4.79 Å². The fraction of sp³-hybridized carbons (Fsp3) is 0.727. The first-order chi connectivity index (χ1) is 12.8. The molecule has 5 aliphatic rings. The maximum absolute atomic E-state index is 11.9. The van der Waals surface area contributed by atoms with Crippen molar-refractivity contribution >= 4 is 11.9 Å². The van der Waals surface area contributed by atoms with Crippen molar-refractivity contribution < 1.29 is 23.8 Å². The summed E-state index contributed by atoms with van der Waals surface area (Å²) in [7, 11) is 0. The number of ether oxygens (including phenoxy) is 3. The molecule has 3 aliphatic heterocycles. The largest absolute Gasteiger partial charge is 0.461 e. The highest BCUT2D eigenvalue weighted by atomic mass is 16.5. The molecule has 1 saturated heterocycles. The van der Waals surface area contributed by atoms with E-state index in [-0.39, 0.29) is 28.9 Å². The van der Waals surface area contributed by atoms with E-state index in [0.717, 1.165) is 44.3 Å². The molecule has 3 heterocycles. The summed E-state index contributed by atoms with van der Waals surface area (Å²) < 4.78 is 16.6. The minimum absolute atomic E-state index is 0.0317. The van der Waals surface area contributed by atoms with Crippen LogP contribution in [0, 0.1) is 22.7 Å². The molecule has 5 heteroatoms. The van der Waals surface area contributed by atoms with Crippen LogP contribution in [0.5, 0.6) is 0 Å². The highest BCUT2D eigenvalue weighted by Crippen LogP contribution is 2.64. The van der Waals surface area contributed by atoms with Crippen molar-refractivity contribution in [2.24, 2.45) is 22.7 Å². The van der Waals surface area contributed by atoms with Crippen molar-refractivity contribution in [2.45, 2.75) is 59.0 Å². The summed E-state index contributed by atoms with van der Waals surface area (Å²) in [6.07, 6.45) is 9.24. The van der Waals surface area contributed by atoms with Gasteiger partial charge in [-0.1, -0.05) is 19.9 Å². The smallest absolute Gasteiger partial charge is 0.334 e. The summed E-state index contributed by atoms with van der Waals surface area (Å²) >= 11 is 0. The van der Waals surface area contributed by atoms with Crippen molar-refractivity contribution in [3.63, 3.8) is 0 Å². The molecule has 1 spiro atoms. The lowest BCUT2D eigenvalue weighted by atomic mass is 9.45. The molecule has 2 bridgehead atoms. The highest BCUT2D eigenvalue weighted by Gasteiger charge is 2.60. The molecular formula is C22H30O5. The molecule has 0 aromatic carbocycles. The summed E-state index contributed by atoms with van der Waals surface area (Å²) in [6, 6.07) is 0. The molecule has 0 radical (unpaired) electrons. The molecule has 1 saturated carbocycles. The van der Waals surface area contributed by atoms with E-state index in [4.69, 9.17) is 14.2 Å². The van der Waals surface area contributed by atoms with Gasteiger partial charge in [-0.05, 0) is 61.0 Å². The fourth-order valence-electron chi connectivity index (χ4n) is 5.95. The Hall–Kier alpha value is -1.62. The maximum Gasteiger partial charge on any atom is 0.334 e. The van der Waals surface area contributed by atoms with Gasteiger partial charge in [0, 0.05) is 17.9 Å². The van der Waals surface area contributed by atoms with Gasteiger partial charge < -0.3 is 14.2 Å². The van der Waals surface area contributed by atoms with Gasteiger partial charge in [0.1, 0.15) is 13.2 Å². The molecule has 2 aliphatic carbocycles. The van der Waals surface area contributed by atoms with Crippen LogP contribution in [0.2, 0.25) is 0 Å². The first kappa shape index (κ1) is 18.7. The van der Waals surface area contributed by atoms with Crippen molar-refractivity contribution in [1.82, 2.24) is 0 Å². The molecular weight excluding hydrogens is 344 g/mol. The predicted octanol–water partition coefficient (Wildman–Crippen LogP) is 3.58. The third-order valence-electron chi connectivity index (χ3n) is 7.83. The van der Waals surface area contributed by atoms with Gasteiger partial charge in [0.25, 0.3) is 0 Å². The Morgan fingerprint density at radius 2 is 2.22 bits per heavy atom. The maximum atomic E-state index is 11.9. The van der Waals surface area contributed by atoms with Gasteiger partial charge in [0.2, 0.25) is 0 Å². The number of cyclic esters (lactones) is 1. The first-order valence-electron chi connectivity index (χ1n) is 10.2. The molecule has 5 nitrogen and oxygen atoms in total. The van der Waals surface area contributed by atoms with E-state index in [9.17, 15) is 9.59 Å². The summed E-state index contributed by atoms with van der Waals surface area (Å²) in [5.74, 6) is 0.687. The van der Waals surface area contributed by atoms with E-state index >= 15 is 0 Å². The summed E-state index contributed by atoms with van der Waals surface area (Å²) in [5.41, 5.74) is 2.18. The van der Waals surface area contributed by atoms with Crippen LogP contribution >= 0.6 is 0 Å². The summed E-state index contributed by atoms with van der Waals surface area (Å²) in [5, 5.41) is 0. The Labute approximate surface area is 161 Å². The molecule has 5 atom stereocenters. The highest BCUT2D eigenvalue weighted by molar-refractivity contribution is 5.90. The fourth-order valence-corrected chi connectivity index (χ4v) is 5.95. The standard InChI is InChI=1S/C22H30O5/c1-14-4-8-22-13-27-18(10-17(22)12-26-15(2)23)11-19(22)21(14,3)7-5-16-6-9-25-20(16)24/h6,10,14,18-19H,4-5,7-9,11-13H2,1-3H3. The second-order valence-corrected chi connectivity index (χ2v) is 9.04. The molecule has 0 amide bonds. The van der Waals surface area contributed by atoms with Crippen LogP contribution in [-0.4, -0.2) is 37.9 Å². The van der Waals surface area contributed by atoms with E-state index in [0.29, 0.717) is 25.0 Å². The lowest BCUT2D eigenvalue weighted by molar-refractivity contribution is -0.167. The van der Waals surface area contributed by atoms with Crippen LogP contribution in [0.4, 0.5) is 0 Å². The van der Waals surface area contributed by atoms with Gasteiger partial charge in [-0.2, -0.15) is 0 Å². The summed E-state index contributed by atoms with van der Waals surface area (Å²) in [4.78, 5) is 23.3. The van der Waals surface area contributed by atoms with Crippen molar-refractivity contribution in [2.75, 3.05) is 19.8 Å². The molecule has 27 heavy (non-hydrogen) atoms. The number of hydrogen-bond acceptors (Lipinski definition) is 5. The Morgan fingerprint density at radius 1 is 1.41 bits per heavy atom. The molecule has 5 unspecified atom stereocenters. The second kappa shape index (κ2) is 6.77. The van der Waals surface area contributed by atoms with Crippen LogP contribution in [0.3, 0.4) is 0 Å². The van der Waals surface area contributed by atoms with Crippen molar-refractivity contribution in [3.05, 3.63) is 23.3 Å². The van der Waals surface area contributed by atoms with E-state index in [1.54, 1.807) is 0 Å². The molecule has 0 aromatic heterocycles. The Morgan fingerprint density at radius 3 is 2.93 bits per heavy atom. The van der Waals surface area contributed by atoms with Crippen LogP contribution in [0.15, 0.2) is 23.3 Å². The van der Waals surface area contributed by atoms with E-state index in [1.165, 1.54) is 12.5 Å². The topological polar surface area (TPSA) is 61.8 Å². The van der Waals surface area contributed by atoms with Crippen LogP contribution < -0.4 is 0 Å². The lowest BCUT2D eigenvalue weighted by Crippen LogP contribution is -2.59. The van der Waals surface area contributed by atoms with Crippen LogP contribution in [0.1, 0.15) is 52.9 Å². The average Bonchev–Trinajstić information content (AvgIpc) is 3.07. The average molecular weight is 374 g/mol. The minimum Gasteiger partial charge on any atom is -0.461 e. The third-order valence-corrected chi connectivity index (χ3v) is 7.83. The van der Waals surface area contributed by atoms with Crippen LogP contribution in [-0.2, 0) is 23.8 Å². The molecule has 0 N–H and O–H groups in total. The Balaban J connectivity index is 1.59. The lowest BCUT2D eigenvalue weighted by Gasteiger charge is -2.62. The number of esters is 2. The monoisotopic (exact) mass is 374 g/mol. The SMILES string of the molecule is CC(=O)OCC1=CC2CC3C1(CCC(C)C3(C)CCC1=CCOC1=O)CO2. The molecule has 148 valence electrons. The number of fused-ring (bicyclic) bond motifs is 1. The number of hydrogen-bond donors (Lipinski definition) is 0. The van der Waals surface area contributed by atoms with E-state index in [2.05, 4.69) is 19.9 Å². The Kier molecular flexibility index (Phi) is 4.69. The van der Waals surface area contributed by atoms with Gasteiger partial charge in [-0.3, -0.25) is 4.79 Å². The Bertz CT molecular complexity index is 707. The van der Waals surface area contributed by atoms with E-state index in [1.807, 2.05) is 6.08 Å². The molecule has 5 rings (SSSR count). The van der Waals surface area contributed by atoms with Gasteiger partial charge in [0.15, 0.2) is 0 Å². The number of carbonyl (C=O) groups is 2. The zero-order valence-corrected chi connectivity index (χ0v) is 16.6.